The second kappa shape index (κ2) is 5.92. The minimum absolute atomic E-state index is 0.167. The second-order valence-corrected chi connectivity index (χ2v) is 4.08. The van der Waals surface area contributed by atoms with Gasteiger partial charge in [0.25, 0.3) is 0 Å². The first-order valence-corrected chi connectivity index (χ1v) is 5.47. The Morgan fingerprint density at radius 1 is 1.06 bits per heavy atom. The predicted molar refractivity (Wildman–Crippen MR) is 57.5 cm³/mol. The van der Waals surface area contributed by atoms with Crippen LogP contribution in [0.4, 0.5) is 0 Å². The minimum atomic E-state index is -1.14. The molecule has 1 heterocycles. The van der Waals surface area contributed by atoms with Crippen molar-refractivity contribution in [2.75, 3.05) is 6.61 Å². The number of ether oxygens (including phenoxy) is 3. The molecule has 102 valence electrons. The first-order valence-electron chi connectivity index (χ1n) is 5.47. The maximum Gasteiger partial charge on any atom is 0.303 e. The topological polar surface area (TPSA) is 99.1 Å². The molecule has 1 N–H and O–H groups in total. The molecular formula is C11H16O7. The van der Waals surface area contributed by atoms with Crippen molar-refractivity contribution in [3.63, 3.8) is 0 Å². The van der Waals surface area contributed by atoms with Crippen molar-refractivity contribution in [2.45, 2.75) is 45.2 Å². The van der Waals surface area contributed by atoms with Crippen LogP contribution < -0.4 is 0 Å². The number of rotatable bonds is 3. The summed E-state index contributed by atoms with van der Waals surface area (Å²) in [5.41, 5.74) is 0. The molecule has 1 unspecified atom stereocenters. The van der Waals surface area contributed by atoms with E-state index < -0.39 is 36.4 Å². The van der Waals surface area contributed by atoms with Gasteiger partial charge in [0, 0.05) is 13.8 Å². The molecule has 1 saturated heterocycles. The van der Waals surface area contributed by atoms with Crippen molar-refractivity contribution in [2.24, 2.45) is 0 Å². The highest BCUT2D eigenvalue weighted by Crippen LogP contribution is 2.22. The Morgan fingerprint density at radius 3 is 2.00 bits per heavy atom. The van der Waals surface area contributed by atoms with Crippen molar-refractivity contribution in [3.05, 3.63) is 0 Å². The Bertz CT molecular complexity index is 351. The van der Waals surface area contributed by atoms with Gasteiger partial charge in [-0.15, -0.1) is 0 Å². The fourth-order valence-corrected chi connectivity index (χ4v) is 1.79. The lowest BCUT2D eigenvalue weighted by Gasteiger charge is -2.38. The van der Waals surface area contributed by atoms with Crippen LogP contribution >= 0.6 is 0 Å². The average Bonchev–Trinajstić information content (AvgIpc) is 2.21. The molecule has 0 aromatic rings. The van der Waals surface area contributed by atoms with E-state index in [0.29, 0.717) is 0 Å². The van der Waals surface area contributed by atoms with E-state index in [9.17, 15) is 19.5 Å². The molecule has 1 aliphatic heterocycles. The van der Waals surface area contributed by atoms with Gasteiger partial charge in [0.15, 0.2) is 24.1 Å². The van der Waals surface area contributed by atoms with E-state index in [-0.39, 0.29) is 12.4 Å². The van der Waals surface area contributed by atoms with Gasteiger partial charge in [0.2, 0.25) is 0 Å². The normalized spacial score (nSPS) is 31.6. The standard InChI is InChI=1S/C11H16O7/c1-5(12)9-11(18-7(3)14)10(17-6(2)13)8(15)4-16-9/h8-11,15H,4H2,1-3H3/t8-,9?,10+,11+/m0/s1. The number of aliphatic hydroxyl groups is 1. The molecule has 18 heavy (non-hydrogen) atoms. The van der Waals surface area contributed by atoms with E-state index in [2.05, 4.69) is 0 Å². The molecule has 1 aliphatic rings. The van der Waals surface area contributed by atoms with Crippen molar-refractivity contribution in [1.82, 2.24) is 0 Å². The highest BCUT2D eigenvalue weighted by Gasteiger charge is 2.46. The summed E-state index contributed by atoms with van der Waals surface area (Å²) in [6, 6.07) is 0. The second-order valence-electron chi connectivity index (χ2n) is 4.08. The summed E-state index contributed by atoms with van der Waals surface area (Å²) in [4.78, 5) is 33.4. The highest BCUT2D eigenvalue weighted by atomic mass is 16.6. The third-order valence-electron chi connectivity index (χ3n) is 2.45. The fraction of sp³-hybridized carbons (Fsp3) is 0.727. The number of carbonyl (C=O) groups is 3. The number of carbonyl (C=O) groups excluding carboxylic acids is 3. The first-order chi connectivity index (χ1) is 8.32. The van der Waals surface area contributed by atoms with Gasteiger partial charge in [-0.3, -0.25) is 14.4 Å². The van der Waals surface area contributed by atoms with Crippen LogP contribution in [-0.4, -0.2) is 53.9 Å². The van der Waals surface area contributed by atoms with E-state index in [4.69, 9.17) is 14.2 Å². The Kier molecular flexibility index (Phi) is 4.80. The molecule has 0 bridgehead atoms. The summed E-state index contributed by atoms with van der Waals surface area (Å²) in [5, 5.41) is 9.70. The number of hydrogen-bond acceptors (Lipinski definition) is 7. The zero-order valence-electron chi connectivity index (χ0n) is 10.4. The summed E-state index contributed by atoms with van der Waals surface area (Å²) >= 11 is 0. The smallest absolute Gasteiger partial charge is 0.303 e. The van der Waals surface area contributed by atoms with Gasteiger partial charge in [-0.2, -0.15) is 0 Å². The molecule has 7 nitrogen and oxygen atoms in total. The SMILES string of the molecule is CC(=O)O[C@H]1[C@H](OC(C)=O)C(C(C)=O)OC[C@@H]1O. The lowest BCUT2D eigenvalue weighted by atomic mass is 9.97. The first kappa shape index (κ1) is 14.6. The molecule has 4 atom stereocenters. The molecule has 0 aliphatic carbocycles. The van der Waals surface area contributed by atoms with Gasteiger partial charge in [0.1, 0.15) is 6.10 Å². The van der Waals surface area contributed by atoms with Crippen LogP contribution in [0.3, 0.4) is 0 Å². The molecule has 0 aromatic heterocycles. The highest BCUT2D eigenvalue weighted by molar-refractivity contribution is 5.82. The van der Waals surface area contributed by atoms with Gasteiger partial charge < -0.3 is 19.3 Å². The molecule has 7 heteroatoms. The number of Topliss-reactive ketones (excluding diaryl/α,β-unsaturated/α-hetero) is 1. The van der Waals surface area contributed by atoms with Crippen molar-refractivity contribution < 1.29 is 33.7 Å². The third-order valence-corrected chi connectivity index (χ3v) is 2.45. The van der Waals surface area contributed by atoms with Crippen molar-refractivity contribution >= 4 is 17.7 Å². The quantitative estimate of drug-likeness (QED) is 0.663. The van der Waals surface area contributed by atoms with E-state index in [1.807, 2.05) is 0 Å². The molecule has 0 radical (unpaired) electrons. The van der Waals surface area contributed by atoms with Crippen molar-refractivity contribution in [1.29, 1.82) is 0 Å². The van der Waals surface area contributed by atoms with E-state index in [1.165, 1.54) is 6.92 Å². The molecule has 0 amide bonds. The predicted octanol–water partition coefficient (Wildman–Crippen LogP) is -0.801. The van der Waals surface area contributed by atoms with Gasteiger partial charge in [0.05, 0.1) is 6.61 Å². The molecule has 1 fully saturated rings. The molecular weight excluding hydrogens is 244 g/mol. The summed E-state index contributed by atoms with van der Waals surface area (Å²) in [6.45, 7) is 3.42. The number of aliphatic hydroxyl groups excluding tert-OH is 1. The lowest BCUT2D eigenvalue weighted by molar-refractivity contribution is -0.216. The zero-order valence-corrected chi connectivity index (χ0v) is 10.4. The molecule has 0 spiro atoms. The Hall–Kier alpha value is -1.47. The molecule has 0 aromatic carbocycles. The van der Waals surface area contributed by atoms with Crippen LogP contribution in [-0.2, 0) is 28.6 Å². The maximum absolute atomic E-state index is 11.4. The number of ketones is 1. The van der Waals surface area contributed by atoms with Crippen LogP contribution in [0.5, 0.6) is 0 Å². The molecule has 0 saturated carbocycles. The zero-order chi connectivity index (χ0) is 13.9. The largest absolute Gasteiger partial charge is 0.456 e. The van der Waals surface area contributed by atoms with Gasteiger partial charge in [-0.1, -0.05) is 0 Å². The van der Waals surface area contributed by atoms with Crippen LogP contribution in [0, 0.1) is 0 Å². The van der Waals surface area contributed by atoms with Gasteiger partial charge >= 0.3 is 11.9 Å². The van der Waals surface area contributed by atoms with Crippen LogP contribution in [0.2, 0.25) is 0 Å². The van der Waals surface area contributed by atoms with E-state index in [0.717, 1.165) is 13.8 Å². The Balaban J connectivity index is 2.94. The Morgan fingerprint density at radius 2 is 1.56 bits per heavy atom. The summed E-state index contributed by atoms with van der Waals surface area (Å²) in [5.74, 6) is -1.66. The van der Waals surface area contributed by atoms with E-state index in [1.54, 1.807) is 0 Å². The lowest BCUT2D eigenvalue weighted by Crippen LogP contribution is -2.58. The average molecular weight is 260 g/mol. The summed E-state index contributed by atoms with van der Waals surface area (Å²) < 4.78 is 14.9. The van der Waals surface area contributed by atoms with Crippen LogP contribution in [0.25, 0.3) is 0 Å². The summed E-state index contributed by atoms with van der Waals surface area (Å²) in [6.07, 6.45) is -4.42. The number of esters is 2. The minimum Gasteiger partial charge on any atom is -0.456 e. The number of hydrogen-bond donors (Lipinski definition) is 1. The summed E-state index contributed by atoms with van der Waals surface area (Å²) in [7, 11) is 0. The van der Waals surface area contributed by atoms with Crippen LogP contribution in [0.15, 0.2) is 0 Å². The van der Waals surface area contributed by atoms with Crippen LogP contribution in [0.1, 0.15) is 20.8 Å². The monoisotopic (exact) mass is 260 g/mol. The molecule has 1 rings (SSSR count). The maximum atomic E-state index is 11.4. The van der Waals surface area contributed by atoms with E-state index >= 15 is 0 Å². The Labute approximate surface area is 104 Å². The fourth-order valence-electron chi connectivity index (χ4n) is 1.79. The van der Waals surface area contributed by atoms with Crippen molar-refractivity contribution in [3.8, 4) is 0 Å². The van der Waals surface area contributed by atoms with Gasteiger partial charge in [-0.25, -0.2) is 0 Å². The third kappa shape index (κ3) is 3.51. The van der Waals surface area contributed by atoms with Gasteiger partial charge in [-0.05, 0) is 6.92 Å².